The monoisotopic (exact) mass is 314 g/mol. The molecule has 0 spiro atoms. The van der Waals surface area contributed by atoms with Gasteiger partial charge in [0.25, 0.3) is 0 Å². The number of aryl methyl sites for hydroxylation is 2. The lowest BCUT2D eigenvalue weighted by molar-refractivity contribution is 0.102. The third kappa shape index (κ3) is 3.28. The lowest BCUT2D eigenvalue weighted by Crippen LogP contribution is -2.16. The van der Waals surface area contributed by atoms with Gasteiger partial charge in [-0.2, -0.15) is 0 Å². The minimum absolute atomic E-state index is 0.0974. The van der Waals surface area contributed by atoms with Gasteiger partial charge in [-0.1, -0.05) is 6.07 Å². The van der Waals surface area contributed by atoms with E-state index in [9.17, 15) is 4.79 Å². The number of Topliss-reactive ketones (excluding diaryl/α,β-unsaturated/α-hetero) is 1. The highest BCUT2D eigenvalue weighted by molar-refractivity contribution is 8.00. The van der Waals surface area contributed by atoms with Gasteiger partial charge in [0.2, 0.25) is 0 Å². The second-order valence-corrected chi connectivity index (χ2v) is 6.37. The number of hydrogen-bond acceptors (Lipinski definition) is 4. The number of fused-ring (bicyclic) bond motifs is 1. The van der Waals surface area contributed by atoms with Crippen molar-refractivity contribution < 1.29 is 14.3 Å². The van der Waals surface area contributed by atoms with E-state index in [0.29, 0.717) is 36.0 Å². The number of ether oxygens (including phenoxy) is 2. The summed E-state index contributed by atoms with van der Waals surface area (Å²) >= 11 is 1.56. The lowest BCUT2D eigenvalue weighted by atomic mass is 10.1. The molecule has 1 aliphatic rings. The summed E-state index contributed by atoms with van der Waals surface area (Å²) in [4.78, 5) is 13.5. The Bertz CT molecular complexity index is 709. The van der Waals surface area contributed by atoms with Crippen LogP contribution in [0, 0.1) is 13.8 Å². The molecule has 3 rings (SSSR count). The lowest BCUT2D eigenvalue weighted by Gasteiger charge is -2.18. The molecule has 0 radical (unpaired) electrons. The van der Waals surface area contributed by atoms with Crippen LogP contribution in [0.3, 0.4) is 0 Å². The first-order valence-corrected chi connectivity index (χ1v) is 8.25. The van der Waals surface area contributed by atoms with Gasteiger partial charge in [0, 0.05) is 10.5 Å². The van der Waals surface area contributed by atoms with Crippen molar-refractivity contribution in [1.29, 1.82) is 0 Å². The van der Waals surface area contributed by atoms with E-state index < -0.39 is 0 Å². The SMILES string of the molecule is Cc1ccc(SCC(=O)c2ccc3c(c2)OCCO3)cc1C. The van der Waals surface area contributed by atoms with Crippen molar-refractivity contribution in [2.75, 3.05) is 19.0 Å². The van der Waals surface area contributed by atoms with Gasteiger partial charge < -0.3 is 9.47 Å². The summed E-state index contributed by atoms with van der Waals surface area (Å²) in [5.41, 5.74) is 3.18. The molecule has 1 heterocycles. The summed E-state index contributed by atoms with van der Waals surface area (Å²) in [5, 5.41) is 0. The molecule has 0 saturated heterocycles. The Morgan fingerprint density at radius 3 is 2.55 bits per heavy atom. The van der Waals surface area contributed by atoms with Crippen molar-refractivity contribution in [2.24, 2.45) is 0 Å². The first-order valence-electron chi connectivity index (χ1n) is 7.26. The summed E-state index contributed by atoms with van der Waals surface area (Å²) in [6.07, 6.45) is 0. The van der Waals surface area contributed by atoms with Gasteiger partial charge in [-0.15, -0.1) is 11.8 Å². The molecule has 22 heavy (non-hydrogen) atoms. The van der Waals surface area contributed by atoms with Crippen molar-refractivity contribution >= 4 is 17.5 Å². The molecule has 0 fully saturated rings. The Kier molecular flexibility index (Phi) is 4.39. The molecule has 2 aromatic rings. The third-order valence-electron chi connectivity index (χ3n) is 3.71. The van der Waals surface area contributed by atoms with E-state index in [1.807, 2.05) is 6.07 Å². The van der Waals surface area contributed by atoms with Crippen molar-refractivity contribution in [3.05, 3.63) is 53.1 Å². The van der Waals surface area contributed by atoms with Gasteiger partial charge in [0.1, 0.15) is 13.2 Å². The molecule has 0 amide bonds. The third-order valence-corrected chi connectivity index (χ3v) is 4.71. The molecule has 0 unspecified atom stereocenters. The first kappa shape index (κ1) is 15.0. The van der Waals surface area contributed by atoms with E-state index in [1.165, 1.54) is 11.1 Å². The van der Waals surface area contributed by atoms with E-state index in [0.717, 1.165) is 4.90 Å². The predicted molar refractivity (Wildman–Crippen MR) is 88.4 cm³/mol. The van der Waals surface area contributed by atoms with Gasteiger partial charge >= 0.3 is 0 Å². The summed E-state index contributed by atoms with van der Waals surface area (Å²) < 4.78 is 11.0. The minimum atomic E-state index is 0.0974. The normalized spacial score (nSPS) is 13.0. The highest BCUT2D eigenvalue weighted by Gasteiger charge is 2.15. The Morgan fingerprint density at radius 2 is 1.77 bits per heavy atom. The van der Waals surface area contributed by atoms with Crippen LogP contribution >= 0.6 is 11.8 Å². The van der Waals surface area contributed by atoms with Gasteiger partial charge in [0.15, 0.2) is 17.3 Å². The number of benzene rings is 2. The Hall–Kier alpha value is -1.94. The molecular formula is C18H18O3S. The number of ketones is 1. The highest BCUT2D eigenvalue weighted by Crippen LogP contribution is 2.31. The molecular weight excluding hydrogens is 296 g/mol. The largest absolute Gasteiger partial charge is 0.486 e. The Morgan fingerprint density at radius 1 is 1.00 bits per heavy atom. The summed E-state index contributed by atoms with van der Waals surface area (Å²) in [5.74, 6) is 1.89. The van der Waals surface area contributed by atoms with Crippen LogP contribution in [-0.4, -0.2) is 24.7 Å². The van der Waals surface area contributed by atoms with Gasteiger partial charge in [0.05, 0.1) is 5.75 Å². The molecule has 0 aliphatic carbocycles. The molecule has 0 bridgehead atoms. The predicted octanol–water partition coefficient (Wildman–Crippen LogP) is 4.05. The van der Waals surface area contributed by atoms with Gasteiger partial charge in [-0.05, 0) is 55.3 Å². The number of hydrogen-bond donors (Lipinski definition) is 0. The molecule has 1 aliphatic heterocycles. The van der Waals surface area contributed by atoms with E-state index in [-0.39, 0.29) is 5.78 Å². The van der Waals surface area contributed by atoms with Crippen LogP contribution in [0.5, 0.6) is 11.5 Å². The van der Waals surface area contributed by atoms with Crippen molar-refractivity contribution in [1.82, 2.24) is 0 Å². The van der Waals surface area contributed by atoms with Crippen LogP contribution in [0.1, 0.15) is 21.5 Å². The summed E-state index contributed by atoms with van der Waals surface area (Å²) in [6, 6.07) is 11.7. The van der Waals surface area contributed by atoms with Crippen LogP contribution < -0.4 is 9.47 Å². The first-order chi connectivity index (χ1) is 10.6. The summed E-state index contributed by atoms with van der Waals surface area (Å²) in [6.45, 7) is 5.26. The molecule has 3 nitrogen and oxygen atoms in total. The van der Waals surface area contributed by atoms with Crippen LogP contribution in [0.25, 0.3) is 0 Å². The fraction of sp³-hybridized carbons (Fsp3) is 0.278. The molecule has 0 aromatic heterocycles. The number of thioether (sulfide) groups is 1. The number of carbonyl (C=O) groups excluding carboxylic acids is 1. The standard InChI is InChI=1S/C18H18O3S/c1-12-3-5-15(9-13(12)2)22-11-16(19)14-4-6-17-18(10-14)21-8-7-20-17/h3-6,9-10H,7-8,11H2,1-2H3. The second kappa shape index (κ2) is 6.44. The van der Waals surface area contributed by atoms with E-state index >= 15 is 0 Å². The Balaban J connectivity index is 1.68. The van der Waals surface area contributed by atoms with Crippen LogP contribution in [0.15, 0.2) is 41.3 Å². The molecule has 2 aromatic carbocycles. The smallest absolute Gasteiger partial charge is 0.173 e. The molecule has 4 heteroatoms. The number of carbonyl (C=O) groups is 1. The fourth-order valence-electron chi connectivity index (χ4n) is 2.25. The van der Waals surface area contributed by atoms with Crippen LogP contribution in [0.4, 0.5) is 0 Å². The zero-order valence-corrected chi connectivity index (χ0v) is 13.5. The zero-order valence-electron chi connectivity index (χ0n) is 12.7. The fourth-order valence-corrected chi connectivity index (χ4v) is 3.14. The van der Waals surface area contributed by atoms with Crippen molar-refractivity contribution in [3.8, 4) is 11.5 Å². The van der Waals surface area contributed by atoms with Crippen LogP contribution in [0.2, 0.25) is 0 Å². The minimum Gasteiger partial charge on any atom is -0.486 e. The maximum Gasteiger partial charge on any atom is 0.173 e. The van der Waals surface area contributed by atoms with Crippen molar-refractivity contribution in [2.45, 2.75) is 18.7 Å². The highest BCUT2D eigenvalue weighted by atomic mass is 32.2. The molecule has 0 saturated carbocycles. The molecule has 0 atom stereocenters. The number of rotatable bonds is 4. The van der Waals surface area contributed by atoms with E-state index in [2.05, 4.69) is 32.0 Å². The second-order valence-electron chi connectivity index (χ2n) is 5.32. The molecule has 114 valence electrons. The van der Waals surface area contributed by atoms with Gasteiger partial charge in [-0.25, -0.2) is 0 Å². The maximum absolute atomic E-state index is 12.3. The summed E-state index contributed by atoms with van der Waals surface area (Å²) in [7, 11) is 0. The van der Waals surface area contributed by atoms with E-state index in [1.54, 1.807) is 23.9 Å². The van der Waals surface area contributed by atoms with Gasteiger partial charge in [-0.3, -0.25) is 4.79 Å². The average Bonchev–Trinajstić information content (AvgIpc) is 2.55. The van der Waals surface area contributed by atoms with Crippen LogP contribution in [-0.2, 0) is 0 Å². The topological polar surface area (TPSA) is 35.5 Å². The maximum atomic E-state index is 12.3. The zero-order chi connectivity index (χ0) is 15.5. The average molecular weight is 314 g/mol. The Labute approximate surface area is 134 Å². The van der Waals surface area contributed by atoms with E-state index in [4.69, 9.17) is 9.47 Å². The molecule has 0 N–H and O–H groups in total. The quantitative estimate of drug-likeness (QED) is 0.630. The van der Waals surface area contributed by atoms with Crippen molar-refractivity contribution in [3.63, 3.8) is 0 Å².